The van der Waals surface area contributed by atoms with E-state index in [1.165, 1.54) is 18.5 Å². The molecule has 0 bridgehead atoms. The molecule has 1 amide bonds. The molecule has 0 aliphatic carbocycles. The average molecular weight is 281 g/mol. The fourth-order valence-corrected chi connectivity index (χ4v) is 1.44. The number of hydrogen-bond acceptors (Lipinski definition) is 5. The van der Waals surface area contributed by atoms with E-state index >= 15 is 0 Å². The molecule has 0 aromatic heterocycles. The van der Waals surface area contributed by atoms with Crippen molar-refractivity contribution in [2.24, 2.45) is 0 Å². The fraction of sp³-hybridized carbons (Fsp3) is 0.500. The van der Waals surface area contributed by atoms with Crippen molar-refractivity contribution in [3.8, 4) is 0 Å². The van der Waals surface area contributed by atoms with Crippen molar-refractivity contribution in [1.82, 2.24) is 4.90 Å². The van der Waals surface area contributed by atoms with Gasteiger partial charge in [0.1, 0.15) is 5.60 Å². The number of carbonyl (C=O) groups is 3. The molecule has 1 rings (SSSR count). The summed E-state index contributed by atoms with van der Waals surface area (Å²) in [7, 11) is 0. The van der Waals surface area contributed by atoms with E-state index in [9.17, 15) is 14.4 Å². The van der Waals surface area contributed by atoms with Gasteiger partial charge in [-0.15, -0.1) is 0 Å². The lowest BCUT2D eigenvalue weighted by molar-refractivity contribution is -0.139. The molecule has 20 heavy (non-hydrogen) atoms. The quantitative estimate of drug-likeness (QED) is 0.725. The highest BCUT2D eigenvalue weighted by Gasteiger charge is 2.24. The number of esters is 1. The van der Waals surface area contributed by atoms with Gasteiger partial charge in [-0.25, -0.2) is 9.59 Å². The molecule has 1 aliphatic rings. The van der Waals surface area contributed by atoms with Crippen LogP contribution in [0.15, 0.2) is 24.0 Å². The minimum absolute atomic E-state index is 0.103. The molecule has 6 nitrogen and oxygen atoms in total. The standard InChI is InChI=1S/C14H19NO5/c1-5-19-12(17)10-8-11(16)6-7-15(9-10)13(18)20-14(2,3)4/h6-7,9H,5,8H2,1-4H3. The van der Waals surface area contributed by atoms with Gasteiger partial charge in [-0.1, -0.05) is 0 Å². The number of allylic oxidation sites excluding steroid dienone is 1. The predicted molar refractivity (Wildman–Crippen MR) is 71.6 cm³/mol. The van der Waals surface area contributed by atoms with Gasteiger partial charge in [-0.3, -0.25) is 9.69 Å². The van der Waals surface area contributed by atoms with Gasteiger partial charge in [0.2, 0.25) is 0 Å². The zero-order valence-corrected chi connectivity index (χ0v) is 12.1. The molecule has 0 unspecified atom stereocenters. The SMILES string of the molecule is CCOC(=O)C1=CN(C(=O)OC(C)(C)C)C=CC(=O)C1. The summed E-state index contributed by atoms with van der Waals surface area (Å²) in [5, 5.41) is 0. The van der Waals surface area contributed by atoms with Crippen molar-refractivity contribution in [3.05, 3.63) is 24.0 Å². The maximum absolute atomic E-state index is 11.9. The highest BCUT2D eigenvalue weighted by molar-refractivity contribution is 6.01. The molecule has 0 N–H and O–H groups in total. The zero-order valence-electron chi connectivity index (χ0n) is 12.1. The van der Waals surface area contributed by atoms with E-state index < -0.39 is 17.7 Å². The van der Waals surface area contributed by atoms with Crippen molar-refractivity contribution in [2.75, 3.05) is 6.61 Å². The van der Waals surface area contributed by atoms with Crippen molar-refractivity contribution >= 4 is 17.8 Å². The predicted octanol–water partition coefficient (Wildman–Crippen LogP) is 2.16. The topological polar surface area (TPSA) is 72.9 Å². The molecule has 0 spiro atoms. The van der Waals surface area contributed by atoms with Crippen LogP contribution in [-0.2, 0) is 19.1 Å². The smallest absolute Gasteiger partial charge is 0.418 e. The van der Waals surface area contributed by atoms with Crippen LogP contribution < -0.4 is 0 Å². The molecule has 0 saturated carbocycles. The lowest BCUT2D eigenvalue weighted by Crippen LogP contribution is -2.31. The molecule has 0 fully saturated rings. The molecule has 0 aromatic carbocycles. The van der Waals surface area contributed by atoms with Gasteiger partial charge in [-0.2, -0.15) is 0 Å². The summed E-state index contributed by atoms with van der Waals surface area (Å²) in [4.78, 5) is 36.3. The maximum atomic E-state index is 11.9. The van der Waals surface area contributed by atoms with E-state index in [0.717, 1.165) is 4.90 Å². The van der Waals surface area contributed by atoms with E-state index in [0.29, 0.717) is 0 Å². The Hall–Kier alpha value is -2.11. The number of ether oxygens (including phenoxy) is 2. The van der Waals surface area contributed by atoms with Crippen LogP contribution in [0.25, 0.3) is 0 Å². The third-order valence-corrected chi connectivity index (χ3v) is 2.22. The van der Waals surface area contributed by atoms with Gasteiger partial charge in [0.15, 0.2) is 5.78 Å². The molecular formula is C14H19NO5. The number of ketones is 1. The number of rotatable bonds is 2. The van der Waals surface area contributed by atoms with E-state index in [4.69, 9.17) is 9.47 Å². The molecule has 1 heterocycles. The van der Waals surface area contributed by atoms with E-state index in [-0.39, 0.29) is 24.4 Å². The molecule has 0 radical (unpaired) electrons. The Labute approximate surface area is 118 Å². The Kier molecular flexibility index (Phi) is 5.07. The fourth-order valence-electron chi connectivity index (χ4n) is 1.44. The third-order valence-electron chi connectivity index (χ3n) is 2.22. The summed E-state index contributed by atoms with van der Waals surface area (Å²) in [6, 6.07) is 0. The molecular weight excluding hydrogens is 262 g/mol. The van der Waals surface area contributed by atoms with Crippen LogP contribution in [0.5, 0.6) is 0 Å². The van der Waals surface area contributed by atoms with Crippen molar-refractivity contribution in [1.29, 1.82) is 0 Å². The van der Waals surface area contributed by atoms with Crippen molar-refractivity contribution in [2.45, 2.75) is 39.7 Å². The van der Waals surface area contributed by atoms with Crippen LogP contribution in [0, 0.1) is 0 Å². The Morgan fingerprint density at radius 3 is 2.55 bits per heavy atom. The number of hydrogen-bond donors (Lipinski definition) is 0. The largest absolute Gasteiger partial charge is 0.463 e. The molecule has 0 atom stereocenters. The van der Waals surface area contributed by atoms with Gasteiger partial charge in [0.05, 0.1) is 12.2 Å². The first-order valence-electron chi connectivity index (χ1n) is 6.33. The first-order valence-corrected chi connectivity index (χ1v) is 6.33. The summed E-state index contributed by atoms with van der Waals surface area (Å²) in [5.41, 5.74) is -0.549. The average Bonchev–Trinajstić information content (AvgIpc) is 2.49. The monoisotopic (exact) mass is 281 g/mol. The van der Waals surface area contributed by atoms with Crippen LogP contribution in [0.1, 0.15) is 34.1 Å². The van der Waals surface area contributed by atoms with Gasteiger partial charge in [-0.05, 0) is 33.8 Å². The van der Waals surface area contributed by atoms with Gasteiger partial charge < -0.3 is 9.47 Å². The number of carbonyl (C=O) groups excluding carboxylic acids is 3. The first kappa shape index (κ1) is 15.9. The highest BCUT2D eigenvalue weighted by atomic mass is 16.6. The minimum atomic E-state index is -0.667. The Morgan fingerprint density at radius 1 is 1.35 bits per heavy atom. The van der Waals surface area contributed by atoms with Crippen LogP contribution in [0.3, 0.4) is 0 Å². The second kappa shape index (κ2) is 6.36. The Bertz CT molecular complexity index is 470. The zero-order chi connectivity index (χ0) is 15.3. The van der Waals surface area contributed by atoms with Crippen LogP contribution >= 0.6 is 0 Å². The summed E-state index contributed by atoms with van der Waals surface area (Å²) in [6.07, 6.45) is 3.02. The number of nitrogens with zero attached hydrogens (tertiary/aromatic N) is 1. The van der Waals surface area contributed by atoms with E-state index in [1.54, 1.807) is 27.7 Å². The summed E-state index contributed by atoms with van der Waals surface area (Å²) in [6.45, 7) is 7.06. The van der Waals surface area contributed by atoms with Gasteiger partial charge >= 0.3 is 12.1 Å². The summed E-state index contributed by atoms with van der Waals surface area (Å²) < 4.78 is 10.0. The maximum Gasteiger partial charge on any atom is 0.418 e. The summed E-state index contributed by atoms with van der Waals surface area (Å²) in [5.74, 6) is -0.895. The van der Waals surface area contributed by atoms with Gasteiger partial charge in [0, 0.05) is 18.8 Å². The Balaban J connectivity index is 2.95. The van der Waals surface area contributed by atoms with E-state index in [1.807, 2.05) is 0 Å². The molecule has 1 aliphatic heterocycles. The van der Waals surface area contributed by atoms with Crippen molar-refractivity contribution < 1.29 is 23.9 Å². The summed E-state index contributed by atoms with van der Waals surface area (Å²) >= 11 is 0. The third kappa shape index (κ3) is 4.87. The minimum Gasteiger partial charge on any atom is -0.463 e. The van der Waals surface area contributed by atoms with Crippen molar-refractivity contribution in [3.63, 3.8) is 0 Å². The first-order chi connectivity index (χ1) is 9.23. The van der Waals surface area contributed by atoms with Crippen LogP contribution in [-0.4, -0.2) is 35.0 Å². The molecule has 0 aromatic rings. The second-order valence-electron chi connectivity index (χ2n) is 5.22. The molecule has 0 saturated heterocycles. The second-order valence-corrected chi connectivity index (χ2v) is 5.22. The normalized spacial score (nSPS) is 15.5. The molecule has 110 valence electrons. The number of amides is 1. The Morgan fingerprint density at radius 2 is 2.00 bits per heavy atom. The van der Waals surface area contributed by atoms with E-state index in [2.05, 4.69) is 0 Å². The van der Waals surface area contributed by atoms with Crippen LogP contribution in [0.2, 0.25) is 0 Å². The lowest BCUT2D eigenvalue weighted by atomic mass is 10.1. The van der Waals surface area contributed by atoms with Gasteiger partial charge in [0.25, 0.3) is 0 Å². The lowest BCUT2D eigenvalue weighted by Gasteiger charge is -2.23. The van der Waals surface area contributed by atoms with Crippen LogP contribution in [0.4, 0.5) is 4.79 Å². The highest BCUT2D eigenvalue weighted by Crippen LogP contribution is 2.16. The molecule has 6 heteroatoms.